The molecule has 8 heteroatoms. The number of alkyl halides is 3. The van der Waals surface area contributed by atoms with Crippen LogP contribution in [-0.4, -0.2) is 33.9 Å². The van der Waals surface area contributed by atoms with Gasteiger partial charge in [0.1, 0.15) is 6.04 Å². The Balaban J connectivity index is 2.78. The highest BCUT2D eigenvalue weighted by Gasteiger charge is 2.40. The number of benzene rings is 1. The summed E-state index contributed by atoms with van der Waals surface area (Å²) in [6.45, 7) is 6.12. The number of amides is 1. The quantitative estimate of drug-likeness (QED) is 0.801. The Morgan fingerprint density at radius 2 is 1.70 bits per heavy atom. The van der Waals surface area contributed by atoms with Gasteiger partial charge in [-0.1, -0.05) is 32.9 Å². The molecule has 0 saturated carbocycles. The Bertz CT molecular complexity index is 565. The summed E-state index contributed by atoms with van der Waals surface area (Å²) in [6.07, 6.45) is -5.33. The van der Waals surface area contributed by atoms with Crippen molar-refractivity contribution in [3.05, 3.63) is 29.8 Å². The summed E-state index contributed by atoms with van der Waals surface area (Å²) in [5, 5.41) is 10.5. The zero-order valence-electron chi connectivity index (χ0n) is 12.9. The van der Waals surface area contributed by atoms with Gasteiger partial charge in [0.2, 0.25) is 0 Å². The number of aliphatic carboxylic acids is 1. The molecule has 0 aliphatic carbocycles. The molecular weight excluding hydrogens is 331 g/mol. The number of hydrogen-bond acceptors (Lipinski definition) is 3. The van der Waals surface area contributed by atoms with Crippen LogP contribution in [0, 0.1) is 0 Å². The van der Waals surface area contributed by atoms with E-state index in [-0.39, 0.29) is 11.2 Å². The number of carboxylic acid groups (broad SMARTS) is 1. The van der Waals surface area contributed by atoms with Crippen LogP contribution in [-0.2, 0) is 16.0 Å². The molecule has 1 aromatic rings. The van der Waals surface area contributed by atoms with Crippen LogP contribution in [0.5, 0.6) is 0 Å². The fourth-order valence-corrected chi connectivity index (χ4v) is 2.70. The number of thioether (sulfide) groups is 1. The molecule has 1 atom stereocenters. The van der Waals surface area contributed by atoms with E-state index in [2.05, 4.69) is 0 Å². The van der Waals surface area contributed by atoms with Crippen molar-refractivity contribution in [1.29, 1.82) is 0 Å². The second-order valence-corrected chi connectivity index (χ2v) is 7.82. The highest BCUT2D eigenvalue weighted by atomic mass is 32.2. The van der Waals surface area contributed by atoms with E-state index in [1.165, 1.54) is 5.32 Å². The van der Waals surface area contributed by atoms with E-state index in [0.29, 0.717) is 5.56 Å². The lowest BCUT2D eigenvalue weighted by Crippen LogP contribution is -2.47. The van der Waals surface area contributed by atoms with Crippen LogP contribution in [0.25, 0.3) is 0 Å². The van der Waals surface area contributed by atoms with Crippen LogP contribution in [0.4, 0.5) is 13.2 Å². The third kappa shape index (κ3) is 6.94. The lowest BCUT2D eigenvalue weighted by molar-refractivity contribution is -0.175. The molecule has 2 N–H and O–H groups in total. The highest BCUT2D eigenvalue weighted by Crippen LogP contribution is 2.31. The maximum atomic E-state index is 12.2. The number of halogens is 3. The van der Waals surface area contributed by atoms with Crippen molar-refractivity contribution in [2.24, 2.45) is 0 Å². The molecule has 128 valence electrons. The van der Waals surface area contributed by atoms with E-state index < -0.39 is 24.1 Å². The molecule has 1 aromatic carbocycles. The molecule has 0 aliphatic heterocycles. The molecule has 0 bridgehead atoms. The molecule has 0 radical (unpaired) electrons. The van der Waals surface area contributed by atoms with Crippen LogP contribution in [0.3, 0.4) is 0 Å². The molecule has 23 heavy (non-hydrogen) atoms. The molecular formula is C15H18F3NO3S. The topological polar surface area (TPSA) is 66.4 Å². The molecule has 4 nitrogen and oxygen atoms in total. The normalized spacial score (nSPS) is 13.5. The van der Waals surface area contributed by atoms with Gasteiger partial charge in [0, 0.05) is 16.1 Å². The molecule has 1 unspecified atom stereocenters. The molecule has 1 amide bonds. The van der Waals surface area contributed by atoms with E-state index in [4.69, 9.17) is 5.11 Å². The van der Waals surface area contributed by atoms with E-state index >= 15 is 0 Å². The lowest BCUT2D eigenvalue weighted by Gasteiger charge is -2.18. The minimum atomic E-state index is -5.11. The van der Waals surface area contributed by atoms with Crippen molar-refractivity contribution in [3.8, 4) is 0 Å². The third-order valence-corrected chi connectivity index (χ3v) is 3.77. The van der Waals surface area contributed by atoms with Gasteiger partial charge in [0.05, 0.1) is 0 Å². The highest BCUT2D eigenvalue weighted by molar-refractivity contribution is 8.00. The van der Waals surface area contributed by atoms with Crippen molar-refractivity contribution in [1.82, 2.24) is 5.32 Å². The summed E-state index contributed by atoms with van der Waals surface area (Å²) in [6, 6.07) is 5.20. The number of carbonyl (C=O) groups is 2. The first kappa shape index (κ1) is 19.3. The first-order valence-corrected chi connectivity index (χ1v) is 7.58. The van der Waals surface area contributed by atoms with Crippen molar-refractivity contribution >= 4 is 23.6 Å². The predicted molar refractivity (Wildman–Crippen MR) is 81.4 cm³/mol. The Morgan fingerprint density at radius 3 is 2.09 bits per heavy atom. The number of rotatable bonds is 5. The van der Waals surface area contributed by atoms with Gasteiger partial charge in [0.25, 0.3) is 0 Å². The van der Waals surface area contributed by atoms with Crippen LogP contribution in [0.2, 0.25) is 0 Å². The number of hydrogen-bond donors (Lipinski definition) is 2. The summed E-state index contributed by atoms with van der Waals surface area (Å²) >= 11 is 1.61. The summed E-state index contributed by atoms with van der Waals surface area (Å²) in [5.41, 5.74) is 0.526. The molecule has 0 fully saturated rings. The Morgan fingerprint density at radius 1 is 1.17 bits per heavy atom. The molecule has 0 saturated heterocycles. The zero-order chi connectivity index (χ0) is 17.8. The summed E-state index contributed by atoms with van der Waals surface area (Å²) < 4.78 is 36.6. The van der Waals surface area contributed by atoms with E-state index in [1.54, 1.807) is 36.0 Å². The first-order valence-electron chi connectivity index (χ1n) is 6.77. The van der Waals surface area contributed by atoms with Crippen LogP contribution in [0.15, 0.2) is 29.2 Å². The van der Waals surface area contributed by atoms with Gasteiger partial charge >= 0.3 is 18.1 Å². The van der Waals surface area contributed by atoms with Gasteiger partial charge in [-0.25, -0.2) is 4.79 Å². The number of carbonyl (C=O) groups excluding carboxylic acids is 1. The zero-order valence-corrected chi connectivity index (χ0v) is 13.7. The Kier molecular flexibility index (Phi) is 6.10. The summed E-state index contributed by atoms with van der Waals surface area (Å²) in [7, 11) is 0. The van der Waals surface area contributed by atoms with E-state index in [1.807, 2.05) is 20.8 Å². The van der Waals surface area contributed by atoms with Gasteiger partial charge in [-0.05, 0) is 17.7 Å². The van der Waals surface area contributed by atoms with Gasteiger partial charge < -0.3 is 10.4 Å². The smallest absolute Gasteiger partial charge is 0.471 e. The van der Waals surface area contributed by atoms with Gasteiger partial charge in [0.15, 0.2) is 0 Å². The van der Waals surface area contributed by atoms with Crippen LogP contribution >= 0.6 is 11.8 Å². The number of carboxylic acids is 1. The average Bonchev–Trinajstić information content (AvgIpc) is 2.37. The van der Waals surface area contributed by atoms with Gasteiger partial charge in [-0.3, -0.25) is 4.79 Å². The second-order valence-electron chi connectivity index (χ2n) is 5.92. The van der Waals surface area contributed by atoms with Crippen LogP contribution < -0.4 is 5.32 Å². The first-order chi connectivity index (χ1) is 10.4. The van der Waals surface area contributed by atoms with E-state index in [9.17, 15) is 22.8 Å². The minimum Gasteiger partial charge on any atom is -0.480 e. The maximum Gasteiger partial charge on any atom is 0.471 e. The Labute approximate surface area is 136 Å². The SMILES string of the molecule is CC(C)(C)Sc1ccc(CC(NC(=O)C(F)(F)F)C(=O)O)cc1. The third-order valence-electron chi connectivity index (χ3n) is 2.65. The minimum absolute atomic E-state index is 0.00575. The molecule has 0 spiro atoms. The maximum absolute atomic E-state index is 12.2. The fraction of sp³-hybridized carbons (Fsp3) is 0.467. The summed E-state index contributed by atoms with van der Waals surface area (Å²) in [5.74, 6) is -3.78. The molecule has 0 heterocycles. The molecule has 0 aliphatic rings. The Hall–Kier alpha value is -1.70. The van der Waals surface area contributed by atoms with Crippen molar-refractivity contribution in [3.63, 3.8) is 0 Å². The average molecular weight is 349 g/mol. The summed E-state index contributed by atoms with van der Waals surface area (Å²) in [4.78, 5) is 22.9. The van der Waals surface area contributed by atoms with Crippen molar-refractivity contribution in [2.45, 2.75) is 49.1 Å². The number of nitrogens with one attached hydrogen (secondary N) is 1. The van der Waals surface area contributed by atoms with Crippen molar-refractivity contribution < 1.29 is 27.9 Å². The molecule has 0 aromatic heterocycles. The monoisotopic (exact) mass is 349 g/mol. The second kappa shape index (κ2) is 7.25. The van der Waals surface area contributed by atoms with E-state index in [0.717, 1.165) is 4.90 Å². The standard InChI is InChI=1S/C15H18F3NO3S/c1-14(2,3)23-10-6-4-9(5-7-10)8-11(12(20)21)19-13(22)15(16,17)18/h4-7,11H,8H2,1-3H3,(H,19,22)(H,20,21). The van der Waals surface area contributed by atoms with Crippen LogP contribution in [0.1, 0.15) is 26.3 Å². The van der Waals surface area contributed by atoms with Gasteiger partial charge in [-0.15, -0.1) is 11.8 Å². The van der Waals surface area contributed by atoms with Crippen molar-refractivity contribution in [2.75, 3.05) is 0 Å². The van der Waals surface area contributed by atoms with Gasteiger partial charge in [-0.2, -0.15) is 13.2 Å². The largest absolute Gasteiger partial charge is 0.480 e. The molecule has 1 rings (SSSR count). The fourth-order valence-electron chi connectivity index (χ4n) is 1.72. The lowest BCUT2D eigenvalue weighted by atomic mass is 10.1. The predicted octanol–water partition coefficient (Wildman–Crippen LogP) is 3.25.